The van der Waals surface area contributed by atoms with E-state index in [-0.39, 0.29) is 23.8 Å². The molecule has 230 valence electrons. The molecule has 1 atom stereocenters. The van der Waals surface area contributed by atoms with Gasteiger partial charge in [0.25, 0.3) is 10.0 Å². The van der Waals surface area contributed by atoms with Gasteiger partial charge in [-0.2, -0.15) is 0 Å². The van der Waals surface area contributed by atoms with E-state index >= 15 is 0 Å². The van der Waals surface area contributed by atoms with Crippen LogP contribution in [0.5, 0.6) is 5.75 Å². The number of methoxy groups -OCH3 is 1. The molecule has 0 spiro atoms. The van der Waals surface area contributed by atoms with Crippen molar-refractivity contribution in [1.82, 2.24) is 10.2 Å². The molecule has 0 aliphatic carbocycles. The molecule has 0 heterocycles. The van der Waals surface area contributed by atoms with E-state index in [1.165, 1.54) is 24.1 Å². The molecule has 4 rings (SSSR count). The topological polar surface area (TPSA) is 96.0 Å². The molecule has 0 radical (unpaired) electrons. The summed E-state index contributed by atoms with van der Waals surface area (Å²) in [6.45, 7) is 1.83. The first kappa shape index (κ1) is 32.6. The molecule has 0 fully saturated rings. The average Bonchev–Trinajstić information content (AvgIpc) is 3.05. The van der Waals surface area contributed by atoms with Crippen LogP contribution >= 0.6 is 11.6 Å². The van der Waals surface area contributed by atoms with Crippen molar-refractivity contribution < 1.29 is 22.7 Å². The quantitative estimate of drug-likeness (QED) is 0.192. The Morgan fingerprint density at radius 1 is 0.864 bits per heavy atom. The molecule has 2 amide bonds. The Bertz CT molecular complexity index is 1630. The molecule has 0 saturated heterocycles. The third kappa shape index (κ3) is 8.18. The summed E-state index contributed by atoms with van der Waals surface area (Å²) in [5, 5.41) is 3.36. The van der Waals surface area contributed by atoms with Gasteiger partial charge in [-0.1, -0.05) is 85.3 Å². The van der Waals surface area contributed by atoms with Crippen LogP contribution in [0.4, 0.5) is 5.69 Å². The second-order valence-electron chi connectivity index (χ2n) is 10.1. The van der Waals surface area contributed by atoms with Crippen LogP contribution < -0.4 is 14.4 Å². The highest BCUT2D eigenvalue weighted by molar-refractivity contribution is 7.92. The number of carbonyl (C=O) groups is 2. The van der Waals surface area contributed by atoms with Crippen molar-refractivity contribution in [3.63, 3.8) is 0 Å². The molecule has 0 aliphatic rings. The Hall–Kier alpha value is -4.34. The van der Waals surface area contributed by atoms with E-state index in [0.29, 0.717) is 35.0 Å². The summed E-state index contributed by atoms with van der Waals surface area (Å²) < 4.78 is 34.4. The zero-order valence-electron chi connectivity index (χ0n) is 24.7. The lowest BCUT2D eigenvalue weighted by Crippen LogP contribution is -2.53. The van der Waals surface area contributed by atoms with Crippen LogP contribution in [-0.4, -0.2) is 51.4 Å². The zero-order chi connectivity index (χ0) is 31.5. The lowest BCUT2D eigenvalue weighted by atomic mass is 10.0. The van der Waals surface area contributed by atoms with Gasteiger partial charge >= 0.3 is 0 Å². The van der Waals surface area contributed by atoms with Gasteiger partial charge < -0.3 is 15.0 Å². The Morgan fingerprint density at radius 3 is 2.09 bits per heavy atom. The lowest BCUT2D eigenvalue weighted by molar-refractivity contribution is -0.140. The predicted molar refractivity (Wildman–Crippen MR) is 173 cm³/mol. The molecule has 1 N–H and O–H groups in total. The highest BCUT2D eigenvalue weighted by Crippen LogP contribution is 2.27. The number of carbonyl (C=O) groups excluding carboxylic acids is 2. The number of hydrogen-bond acceptors (Lipinski definition) is 5. The molecule has 8 nitrogen and oxygen atoms in total. The molecule has 44 heavy (non-hydrogen) atoms. The van der Waals surface area contributed by atoms with E-state index in [0.717, 1.165) is 9.87 Å². The number of benzene rings is 4. The number of amides is 2. The van der Waals surface area contributed by atoms with Crippen molar-refractivity contribution in [3.8, 4) is 5.75 Å². The van der Waals surface area contributed by atoms with Gasteiger partial charge in [-0.05, 0) is 60.0 Å². The Labute approximate surface area is 264 Å². The molecule has 0 saturated carbocycles. The number of hydrogen-bond donors (Lipinski definition) is 1. The molecule has 4 aromatic rings. The van der Waals surface area contributed by atoms with Crippen molar-refractivity contribution in [2.45, 2.75) is 37.2 Å². The highest BCUT2D eigenvalue weighted by atomic mass is 35.5. The van der Waals surface area contributed by atoms with Crippen LogP contribution in [0.2, 0.25) is 5.02 Å². The first-order chi connectivity index (χ1) is 21.2. The summed E-state index contributed by atoms with van der Waals surface area (Å²) in [5.41, 5.74) is 1.80. The van der Waals surface area contributed by atoms with Crippen molar-refractivity contribution in [2.75, 3.05) is 24.5 Å². The maximum atomic E-state index is 14.4. The van der Waals surface area contributed by atoms with E-state index < -0.39 is 28.5 Å². The summed E-state index contributed by atoms with van der Waals surface area (Å²) in [4.78, 5) is 29.5. The summed E-state index contributed by atoms with van der Waals surface area (Å²) in [6, 6.07) is 30.0. The third-order valence-electron chi connectivity index (χ3n) is 7.09. The largest absolute Gasteiger partial charge is 0.497 e. The molecule has 0 aromatic heterocycles. The summed E-state index contributed by atoms with van der Waals surface area (Å²) in [6.07, 6.45) is 0.938. The first-order valence-electron chi connectivity index (χ1n) is 14.3. The van der Waals surface area contributed by atoms with E-state index in [2.05, 4.69) is 5.32 Å². The number of nitrogens with one attached hydrogen (secondary N) is 1. The summed E-state index contributed by atoms with van der Waals surface area (Å²) in [5.74, 6) is -0.391. The molecule has 4 aromatic carbocycles. The summed E-state index contributed by atoms with van der Waals surface area (Å²) in [7, 11) is -2.71. The monoisotopic (exact) mass is 633 g/mol. The van der Waals surface area contributed by atoms with Crippen LogP contribution in [-0.2, 0) is 32.6 Å². The van der Waals surface area contributed by atoms with Gasteiger partial charge in [0.05, 0.1) is 17.7 Å². The van der Waals surface area contributed by atoms with E-state index in [4.69, 9.17) is 16.3 Å². The number of sulfonamides is 1. The van der Waals surface area contributed by atoms with Crippen LogP contribution in [0.3, 0.4) is 0 Å². The minimum atomic E-state index is -4.20. The molecule has 0 unspecified atom stereocenters. The first-order valence-corrected chi connectivity index (χ1v) is 16.1. The van der Waals surface area contributed by atoms with Gasteiger partial charge in [0.15, 0.2) is 0 Å². The fourth-order valence-electron chi connectivity index (χ4n) is 4.73. The second-order valence-corrected chi connectivity index (χ2v) is 12.4. The van der Waals surface area contributed by atoms with E-state index in [1.807, 2.05) is 37.3 Å². The fourth-order valence-corrected chi connectivity index (χ4v) is 6.34. The van der Waals surface area contributed by atoms with E-state index in [1.54, 1.807) is 66.7 Å². The van der Waals surface area contributed by atoms with Gasteiger partial charge in [0, 0.05) is 24.5 Å². The molecule has 0 bridgehead atoms. The average molecular weight is 634 g/mol. The highest BCUT2D eigenvalue weighted by Gasteiger charge is 2.34. The smallest absolute Gasteiger partial charge is 0.264 e. The normalized spacial score (nSPS) is 11.8. The van der Waals surface area contributed by atoms with Crippen molar-refractivity contribution in [1.29, 1.82) is 0 Å². The van der Waals surface area contributed by atoms with Crippen molar-refractivity contribution in [2.24, 2.45) is 0 Å². The number of anilines is 1. The number of halogens is 1. The van der Waals surface area contributed by atoms with Crippen LogP contribution in [0.1, 0.15) is 24.5 Å². The number of rotatable bonds is 14. The van der Waals surface area contributed by atoms with Crippen LogP contribution in [0.25, 0.3) is 0 Å². The van der Waals surface area contributed by atoms with Gasteiger partial charge in [-0.3, -0.25) is 13.9 Å². The SMILES string of the molecule is CCCNC(=O)[C@@H](Cc1ccccc1)N(Cc1ccccc1Cl)C(=O)CN(c1ccccc1)S(=O)(=O)c1ccc(OC)cc1. The fraction of sp³-hybridized carbons (Fsp3) is 0.235. The third-order valence-corrected chi connectivity index (χ3v) is 9.25. The molecular weight excluding hydrogens is 598 g/mol. The van der Waals surface area contributed by atoms with Crippen molar-refractivity contribution >= 4 is 39.1 Å². The van der Waals surface area contributed by atoms with Gasteiger partial charge in [0.2, 0.25) is 11.8 Å². The predicted octanol–water partition coefficient (Wildman–Crippen LogP) is 5.71. The maximum absolute atomic E-state index is 14.4. The van der Waals surface area contributed by atoms with Crippen molar-refractivity contribution in [3.05, 3.63) is 125 Å². The standard InChI is InChI=1S/C34H36ClN3O5S/c1-3-22-36-34(40)32(23-26-12-6-4-7-13-26)37(24-27-14-10-11-17-31(27)35)33(39)25-38(28-15-8-5-9-16-28)44(41,42)30-20-18-29(43-2)19-21-30/h4-21,32H,3,22-25H2,1-2H3,(H,36,40)/t32-/m1/s1. The van der Waals surface area contributed by atoms with Crippen LogP contribution in [0, 0.1) is 0 Å². The lowest BCUT2D eigenvalue weighted by Gasteiger charge is -2.34. The Balaban J connectivity index is 1.78. The molecular formula is C34H36ClN3O5S. The number of para-hydroxylation sites is 1. The zero-order valence-corrected chi connectivity index (χ0v) is 26.3. The number of ether oxygens (including phenoxy) is 1. The van der Waals surface area contributed by atoms with Crippen LogP contribution in [0.15, 0.2) is 114 Å². The van der Waals surface area contributed by atoms with Gasteiger partial charge in [-0.15, -0.1) is 0 Å². The summed E-state index contributed by atoms with van der Waals surface area (Å²) >= 11 is 6.52. The van der Waals surface area contributed by atoms with Gasteiger partial charge in [-0.25, -0.2) is 8.42 Å². The number of nitrogens with zero attached hydrogens (tertiary/aromatic N) is 2. The maximum Gasteiger partial charge on any atom is 0.264 e. The van der Waals surface area contributed by atoms with Gasteiger partial charge in [0.1, 0.15) is 18.3 Å². The Kier molecular flexibility index (Phi) is 11.4. The minimum Gasteiger partial charge on any atom is -0.497 e. The molecule has 10 heteroatoms. The molecule has 0 aliphatic heterocycles. The second kappa shape index (κ2) is 15.4. The van der Waals surface area contributed by atoms with E-state index in [9.17, 15) is 18.0 Å². The Morgan fingerprint density at radius 2 is 1.48 bits per heavy atom. The minimum absolute atomic E-state index is 0.000759.